The molecule has 2 aliphatic heterocycles. The standard InChI is InChI=1S/C25H32N4O3/c1-2-3-4-7-18-32-21-11-9-20(10-12-21)29-24(30)19-22(25(29)31)27-14-16-28(17-15-27)23-8-5-6-13-26-23/h5-6,8-13,22H,2-4,7,14-19H2,1H3/p+2/t22-/m1/s1. The van der Waals surface area contributed by atoms with Gasteiger partial charge in [-0.15, -0.1) is 0 Å². The van der Waals surface area contributed by atoms with Crippen LogP contribution in [0.3, 0.4) is 0 Å². The summed E-state index contributed by atoms with van der Waals surface area (Å²) in [5, 5.41) is 0. The molecule has 1 atom stereocenters. The Morgan fingerprint density at radius 2 is 1.81 bits per heavy atom. The highest BCUT2D eigenvalue weighted by Gasteiger charge is 2.47. The molecule has 2 amide bonds. The highest BCUT2D eigenvalue weighted by Crippen LogP contribution is 2.25. The van der Waals surface area contributed by atoms with Gasteiger partial charge in [-0.3, -0.25) is 14.5 Å². The maximum Gasteiger partial charge on any atom is 0.292 e. The number of nitrogens with zero attached hydrogens (tertiary/aromatic N) is 2. The number of amides is 2. The van der Waals surface area contributed by atoms with Crippen LogP contribution in [0.4, 0.5) is 11.5 Å². The molecule has 0 unspecified atom stereocenters. The number of imide groups is 1. The zero-order valence-electron chi connectivity index (χ0n) is 18.9. The van der Waals surface area contributed by atoms with Crippen LogP contribution in [-0.4, -0.2) is 50.6 Å². The third-order valence-corrected chi connectivity index (χ3v) is 6.44. The lowest BCUT2D eigenvalue weighted by Crippen LogP contribution is -3.19. The van der Waals surface area contributed by atoms with Gasteiger partial charge in [0.15, 0.2) is 6.04 Å². The van der Waals surface area contributed by atoms with Gasteiger partial charge >= 0.3 is 0 Å². The summed E-state index contributed by atoms with van der Waals surface area (Å²) in [6.07, 6.45) is 6.85. The second-order valence-electron chi connectivity index (χ2n) is 8.62. The van der Waals surface area contributed by atoms with Crippen molar-refractivity contribution in [2.24, 2.45) is 0 Å². The first-order chi connectivity index (χ1) is 15.7. The third kappa shape index (κ3) is 5.10. The molecule has 2 fully saturated rings. The van der Waals surface area contributed by atoms with Gasteiger partial charge in [0, 0.05) is 6.07 Å². The van der Waals surface area contributed by atoms with E-state index in [-0.39, 0.29) is 24.3 Å². The topological polar surface area (TPSA) is 68.4 Å². The van der Waals surface area contributed by atoms with Crippen molar-refractivity contribution in [2.45, 2.75) is 45.1 Å². The summed E-state index contributed by atoms with van der Waals surface area (Å²) >= 11 is 0. The number of nitrogens with one attached hydrogen (secondary N) is 2. The summed E-state index contributed by atoms with van der Waals surface area (Å²) in [4.78, 5) is 34.0. The molecule has 0 saturated carbocycles. The highest BCUT2D eigenvalue weighted by molar-refractivity contribution is 6.21. The van der Waals surface area contributed by atoms with Crippen LogP contribution in [0.1, 0.15) is 39.0 Å². The molecule has 7 heteroatoms. The Bertz CT molecular complexity index is 895. The van der Waals surface area contributed by atoms with Gasteiger partial charge in [0.05, 0.1) is 24.9 Å². The van der Waals surface area contributed by atoms with Crippen LogP contribution < -0.4 is 24.4 Å². The number of hydrogen-bond acceptors (Lipinski definition) is 4. The molecule has 0 spiro atoms. The smallest absolute Gasteiger partial charge is 0.292 e. The fourth-order valence-corrected chi connectivity index (χ4v) is 4.60. The van der Waals surface area contributed by atoms with E-state index in [1.54, 1.807) is 0 Å². The number of ether oxygens (including phenoxy) is 1. The molecule has 7 nitrogen and oxygen atoms in total. The van der Waals surface area contributed by atoms with E-state index in [0.29, 0.717) is 12.3 Å². The van der Waals surface area contributed by atoms with Crippen LogP contribution in [-0.2, 0) is 9.59 Å². The van der Waals surface area contributed by atoms with Gasteiger partial charge in [-0.05, 0) is 36.8 Å². The Labute approximate surface area is 190 Å². The number of aromatic amines is 1. The minimum atomic E-state index is -0.293. The molecular formula is C25H34N4O3+2. The molecule has 1 aromatic heterocycles. The summed E-state index contributed by atoms with van der Waals surface area (Å²) in [5.74, 6) is 1.67. The van der Waals surface area contributed by atoms with Crippen LogP contribution >= 0.6 is 0 Å². The van der Waals surface area contributed by atoms with Gasteiger partial charge in [0.25, 0.3) is 11.7 Å². The van der Waals surface area contributed by atoms with Crippen LogP contribution in [0.25, 0.3) is 0 Å². The SMILES string of the molecule is CCCCCCOc1ccc(N2C(=O)C[C@@H]([NH+]3CCN(c4cccc[nH+]4)CC3)C2=O)cc1. The Morgan fingerprint density at radius 1 is 1.03 bits per heavy atom. The number of quaternary nitrogens is 1. The molecule has 4 rings (SSSR count). The molecule has 2 aromatic rings. The number of carbonyl (C=O) groups is 2. The van der Waals surface area contributed by atoms with E-state index in [4.69, 9.17) is 4.74 Å². The molecule has 2 aliphatic rings. The number of unbranched alkanes of at least 4 members (excludes halogenated alkanes) is 3. The van der Waals surface area contributed by atoms with E-state index in [1.807, 2.05) is 42.6 Å². The fraction of sp³-hybridized carbons (Fsp3) is 0.480. The highest BCUT2D eigenvalue weighted by atomic mass is 16.5. The number of benzene rings is 1. The number of rotatable bonds is 9. The summed E-state index contributed by atoms with van der Waals surface area (Å²) in [7, 11) is 0. The van der Waals surface area contributed by atoms with Crippen molar-refractivity contribution in [1.82, 2.24) is 0 Å². The van der Waals surface area contributed by atoms with Gasteiger partial charge in [-0.25, -0.2) is 9.88 Å². The van der Waals surface area contributed by atoms with Crippen LogP contribution in [0.15, 0.2) is 48.7 Å². The fourth-order valence-electron chi connectivity index (χ4n) is 4.60. The molecule has 0 radical (unpaired) electrons. The molecule has 32 heavy (non-hydrogen) atoms. The largest absolute Gasteiger partial charge is 0.494 e. The zero-order chi connectivity index (χ0) is 22.3. The minimum absolute atomic E-state index is 0.0852. The predicted octanol–water partition coefficient (Wildman–Crippen LogP) is 1.50. The number of carbonyl (C=O) groups excluding carboxylic acids is 2. The van der Waals surface area contributed by atoms with Gasteiger partial charge in [-0.1, -0.05) is 32.3 Å². The van der Waals surface area contributed by atoms with Crippen LogP contribution in [0, 0.1) is 0 Å². The summed E-state index contributed by atoms with van der Waals surface area (Å²) < 4.78 is 5.79. The van der Waals surface area contributed by atoms with Gasteiger partial charge in [-0.2, -0.15) is 0 Å². The van der Waals surface area contributed by atoms with Crippen LogP contribution in [0.2, 0.25) is 0 Å². The van der Waals surface area contributed by atoms with Crippen molar-refractivity contribution in [1.29, 1.82) is 0 Å². The first-order valence-corrected chi connectivity index (χ1v) is 11.8. The Kier molecular flexibility index (Phi) is 7.37. The van der Waals surface area contributed by atoms with E-state index in [2.05, 4.69) is 22.9 Å². The monoisotopic (exact) mass is 438 g/mol. The van der Waals surface area contributed by atoms with Crippen molar-refractivity contribution < 1.29 is 24.2 Å². The molecule has 1 aromatic carbocycles. The average molecular weight is 439 g/mol. The quantitative estimate of drug-likeness (QED) is 0.476. The summed E-state index contributed by atoms with van der Waals surface area (Å²) in [6, 6.07) is 13.1. The zero-order valence-corrected chi connectivity index (χ0v) is 18.9. The summed E-state index contributed by atoms with van der Waals surface area (Å²) in [5.41, 5.74) is 0.637. The average Bonchev–Trinajstić information content (AvgIpc) is 3.14. The van der Waals surface area contributed by atoms with Gasteiger partial charge in [0.2, 0.25) is 5.91 Å². The van der Waals surface area contributed by atoms with Crippen molar-refractivity contribution in [3.63, 3.8) is 0 Å². The lowest BCUT2D eigenvalue weighted by Gasteiger charge is -2.31. The number of anilines is 2. The molecule has 170 valence electrons. The molecular weight excluding hydrogens is 404 g/mol. The van der Waals surface area contributed by atoms with E-state index in [0.717, 1.165) is 44.2 Å². The molecule has 0 aliphatic carbocycles. The first kappa shape index (κ1) is 22.3. The van der Waals surface area contributed by atoms with Crippen molar-refractivity contribution in [2.75, 3.05) is 42.6 Å². The van der Waals surface area contributed by atoms with E-state index >= 15 is 0 Å². The lowest BCUT2D eigenvalue weighted by molar-refractivity contribution is -0.915. The Hall–Kier alpha value is -2.93. The van der Waals surface area contributed by atoms with Crippen molar-refractivity contribution in [3.8, 4) is 5.75 Å². The number of H-pyrrole nitrogens is 1. The maximum absolute atomic E-state index is 13.2. The third-order valence-electron chi connectivity index (χ3n) is 6.44. The first-order valence-electron chi connectivity index (χ1n) is 11.8. The minimum Gasteiger partial charge on any atom is -0.494 e. The normalized spacial score (nSPS) is 19.6. The number of hydrogen-bond donors (Lipinski definition) is 1. The number of aromatic nitrogens is 1. The lowest BCUT2D eigenvalue weighted by atomic mass is 10.1. The van der Waals surface area contributed by atoms with E-state index < -0.39 is 0 Å². The molecule has 2 saturated heterocycles. The molecule has 0 bridgehead atoms. The molecule has 2 N–H and O–H groups in total. The Morgan fingerprint density at radius 3 is 2.50 bits per heavy atom. The second-order valence-corrected chi connectivity index (χ2v) is 8.62. The summed E-state index contributed by atoms with van der Waals surface area (Å²) in [6.45, 7) is 6.28. The van der Waals surface area contributed by atoms with E-state index in [1.165, 1.54) is 29.1 Å². The molecule has 3 heterocycles. The van der Waals surface area contributed by atoms with E-state index in [9.17, 15) is 9.59 Å². The van der Waals surface area contributed by atoms with Gasteiger partial charge in [0.1, 0.15) is 31.9 Å². The second kappa shape index (κ2) is 10.6. The maximum atomic E-state index is 13.2. The van der Waals surface area contributed by atoms with Crippen molar-refractivity contribution >= 4 is 23.3 Å². The number of pyridine rings is 1. The Balaban J connectivity index is 1.32. The van der Waals surface area contributed by atoms with Crippen LogP contribution in [0.5, 0.6) is 5.75 Å². The predicted molar refractivity (Wildman–Crippen MR) is 123 cm³/mol. The van der Waals surface area contributed by atoms with Crippen molar-refractivity contribution in [3.05, 3.63) is 48.7 Å². The number of piperazine rings is 1. The van der Waals surface area contributed by atoms with Gasteiger partial charge < -0.3 is 9.64 Å².